The maximum Gasteiger partial charge on any atom is 0.408 e. The first kappa shape index (κ1) is 26.7. The molecule has 1 heterocycles. The van der Waals surface area contributed by atoms with Crippen LogP contribution in [-0.4, -0.2) is 36.1 Å². The van der Waals surface area contributed by atoms with E-state index in [-0.39, 0.29) is 11.7 Å². The highest BCUT2D eigenvalue weighted by Gasteiger charge is 2.28. The maximum atomic E-state index is 13.1. The van der Waals surface area contributed by atoms with E-state index in [2.05, 4.69) is 10.1 Å². The normalized spacial score (nSPS) is 12.5. The number of hydrogen-bond acceptors (Lipinski definition) is 9. The van der Waals surface area contributed by atoms with E-state index in [1.54, 1.807) is 32.9 Å². The number of benzene rings is 2. The van der Waals surface area contributed by atoms with Gasteiger partial charge < -0.3 is 23.9 Å². The van der Waals surface area contributed by atoms with Gasteiger partial charge in [0.2, 0.25) is 0 Å². The van der Waals surface area contributed by atoms with Crippen molar-refractivity contribution in [3.63, 3.8) is 0 Å². The molecular weight excluding hydrogens is 490 g/mol. The van der Waals surface area contributed by atoms with E-state index in [9.17, 15) is 14.4 Å². The summed E-state index contributed by atoms with van der Waals surface area (Å²) in [5.74, 6) is -0.259. The average molecular weight is 520 g/mol. The predicted octanol–water partition coefficient (Wildman–Crippen LogP) is 6.94. The third kappa shape index (κ3) is 7.08. The number of ether oxygens (including phenoxy) is 3. The van der Waals surface area contributed by atoms with E-state index in [1.165, 1.54) is 17.9 Å². The van der Waals surface area contributed by atoms with Crippen LogP contribution >= 0.6 is 21.6 Å². The molecule has 8 nitrogen and oxygen atoms in total. The lowest BCUT2D eigenvalue weighted by molar-refractivity contribution is -0.137. The Morgan fingerprint density at radius 1 is 1.03 bits per heavy atom. The van der Waals surface area contributed by atoms with E-state index >= 15 is 0 Å². The summed E-state index contributed by atoms with van der Waals surface area (Å²) < 4.78 is 21.8. The first-order valence-corrected chi connectivity index (χ1v) is 13.2. The van der Waals surface area contributed by atoms with Gasteiger partial charge in [-0.15, -0.1) is 0 Å². The fourth-order valence-electron chi connectivity index (χ4n) is 3.34. The maximum absolute atomic E-state index is 13.1. The van der Waals surface area contributed by atoms with Crippen LogP contribution < -0.4 is 10.1 Å². The Labute approximate surface area is 211 Å². The Balaban J connectivity index is 1.89. The van der Waals surface area contributed by atoms with E-state index in [4.69, 9.17) is 13.9 Å². The summed E-state index contributed by atoms with van der Waals surface area (Å²) in [7, 11) is 3.49. The number of alkyl carbamates (subject to hydrolysis) is 1. The third-order valence-corrected chi connectivity index (χ3v) is 6.80. The molecule has 3 aromatic rings. The molecule has 0 aliphatic rings. The Kier molecular flexibility index (Phi) is 8.60. The zero-order chi connectivity index (χ0) is 25.8. The fraction of sp³-hybridized carbons (Fsp3) is 0.400. The van der Waals surface area contributed by atoms with Crippen LogP contribution in [0.5, 0.6) is 5.75 Å². The van der Waals surface area contributed by atoms with E-state index < -0.39 is 29.0 Å². The van der Waals surface area contributed by atoms with Gasteiger partial charge in [0.15, 0.2) is 11.3 Å². The molecule has 1 aromatic heterocycles. The molecule has 1 atom stereocenters. The van der Waals surface area contributed by atoms with Crippen molar-refractivity contribution >= 4 is 60.9 Å². The summed E-state index contributed by atoms with van der Waals surface area (Å²) >= 11 is 0. The zero-order valence-corrected chi connectivity index (χ0v) is 22.1. The monoisotopic (exact) mass is 519 g/mol. The van der Waals surface area contributed by atoms with Gasteiger partial charge in [-0.25, -0.2) is 14.4 Å². The van der Waals surface area contributed by atoms with Crippen molar-refractivity contribution in [1.29, 1.82) is 0 Å². The SMILES string of the molecule is COC(=O)SSc1cccc2c1oc1c(OC(=O)C(CC(C)C)NC(=O)OC(C)(C)C)cccc12. The molecule has 1 unspecified atom stereocenters. The van der Waals surface area contributed by atoms with Crippen molar-refractivity contribution in [2.75, 3.05) is 7.11 Å². The van der Waals surface area contributed by atoms with Gasteiger partial charge in [0.25, 0.3) is 0 Å². The number of rotatable bonds is 7. The second-order valence-corrected chi connectivity index (χ2v) is 11.3. The van der Waals surface area contributed by atoms with Crippen molar-refractivity contribution in [3.05, 3.63) is 36.4 Å². The van der Waals surface area contributed by atoms with Crippen LogP contribution in [0.1, 0.15) is 41.0 Å². The van der Waals surface area contributed by atoms with Crippen molar-refractivity contribution in [1.82, 2.24) is 5.32 Å². The predicted molar refractivity (Wildman–Crippen MR) is 138 cm³/mol. The molecule has 10 heteroatoms. The van der Waals surface area contributed by atoms with Gasteiger partial charge in [0.05, 0.1) is 12.0 Å². The quantitative estimate of drug-likeness (QED) is 0.202. The standard InChI is InChI=1S/C25H29NO7S2/c1-14(2)13-17(26-23(28)33-25(3,4)5)22(27)31-18-11-7-9-15-16-10-8-12-19(21(16)32-20(15)18)34-35-24(29)30-6/h7-12,14,17H,13H2,1-6H3,(H,26,28). The van der Waals surface area contributed by atoms with Gasteiger partial charge in [0.1, 0.15) is 17.2 Å². The molecule has 0 fully saturated rings. The number of esters is 1. The largest absolute Gasteiger partial charge is 0.460 e. The third-order valence-electron chi connectivity index (χ3n) is 4.71. The number of para-hydroxylation sites is 2. The second kappa shape index (κ2) is 11.3. The summed E-state index contributed by atoms with van der Waals surface area (Å²) in [5, 5.41) is 3.78. The van der Waals surface area contributed by atoms with Crippen LogP contribution in [0, 0.1) is 5.92 Å². The van der Waals surface area contributed by atoms with Gasteiger partial charge in [-0.05, 0) is 56.0 Å². The topological polar surface area (TPSA) is 104 Å². The Bertz CT molecular complexity index is 1230. The lowest BCUT2D eigenvalue weighted by Gasteiger charge is -2.23. The molecule has 3 rings (SSSR count). The summed E-state index contributed by atoms with van der Waals surface area (Å²) in [6.07, 6.45) is -0.313. The smallest absolute Gasteiger partial charge is 0.408 e. The number of amides is 1. The van der Waals surface area contributed by atoms with Gasteiger partial charge in [0, 0.05) is 21.6 Å². The molecule has 35 heavy (non-hydrogen) atoms. The Morgan fingerprint density at radius 2 is 1.69 bits per heavy atom. The van der Waals surface area contributed by atoms with Crippen molar-refractivity contribution in [2.24, 2.45) is 5.92 Å². The van der Waals surface area contributed by atoms with E-state index in [0.717, 1.165) is 26.5 Å². The van der Waals surface area contributed by atoms with Crippen LogP contribution in [0.2, 0.25) is 0 Å². The van der Waals surface area contributed by atoms with Gasteiger partial charge in [-0.3, -0.25) is 0 Å². The fourth-order valence-corrected chi connectivity index (χ4v) is 5.00. The number of nitrogens with one attached hydrogen (secondary N) is 1. The number of methoxy groups -OCH3 is 1. The lowest BCUT2D eigenvalue weighted by atomic mass is 10.0. The molecule has 0 aliphatic carbocycles. The number of carbonyl (C=O) groups excluding carboxylic acids is 3. The Morgan fingerprint density at radius 3 is 2.31 bits per heavy atom. The first-order chi connectivity index (χ1) is 16.5. The second-order valence-electron chi connectivity index (χ2n) is 9.24. The molecule has 0 saturated carbocycles. The Hall–Kier alpha value is -2.85. The molecule has 188 valence electrons. The molecule has 0 aliphatic heterocycles. The lowest BCUT2D eigenvalue weighted by Crippen LogP contribution is -2.45. The van der Waals surface area contributed by atoms with Crippen molar-refractivity contribution in [3.8, 4) is 5.75 Å². The summed E-state index contributed by atoms with van der Waals surface area (Å²) in [5.41, 5.74) is 0.267. The summed E-state index contributed by atoms with van der Waals surface area (Å²) in [6.45, 7) is 9.15. The van der Waals surface area contributed by atoms with E-state index in [0.29, 0.717) is 17.6 Å². The zero-order valence-electron chi connectivity index (χ0n) is 20.5. The van der Waals surface area contributed by atoms with E-state index in [1.807, 2.05) is 38.1 Å². The molecule has 1 amide bonds. The summed E-state index contributed by atoms with van der Waals surface area (Å²) in [6, 6.07) is 9.96. The van der Waals surface area contributed by atoms with Gasteiger partial charge >= 0.3 is 17.4 Å². The minimum Gasteiger partial charge on any atom is -0.460 e. The average Bonchev–Trinajstić information content (AvgIpc) is 3.15. The van der Waals surface area contributed by atoms with Crippen LogP contribution in [-0.2, 0) is 14.3 Å². The number of carbonyl (C=O) groups is 3. The molecule has 0 saturated heterocycles. The number of fused-ring (bicyclic) bond motifs is 3. The molecule has 2 aromatic carbocycles. The highest BCUT2D eigenvalue weighted by molar-refractivity contribution is 8.82. The van der Waals surface area contributed by atoms with Crippen LogP contribution in [0.4, 0.5) is 9.59 Å². The number of furan rings is 1. The van der Waals surface area contributed by atoms with Gasteiger partial charge in [-0.1, -0.05) is 38.1 Å². The minimum atomic E-state index is -0.896. The highest BCUT2D eigenvalue weighted by atomic mass is 33.1. The summed E-state index contributed by atoms with van der Waals surface area (Å²) in [4.78, 5) is 37.7. The molecule has 1 N–H and O–H groups in total. The molecule has 0 bridgehead atoms. The minimum absolute atomic E-state index is 0.122. The van der Waals surface area contributed by atoms with Crippen molar-refractivity contribution < 1.29 is 33.0 Å². The van der Waals surface area contributed by atoms with Crippen molar-refractivity contribution in [2.45, 2.75) is 57.6 Å². The first-order valence-electron chi connectivity index (χ1n) is 11.1. The van der Waals surface area contributed by atoms with Gasteiger partial charge in [-0.2, -0.15) is 0 Å². The van der Waals surface area contributed by atoms with Crippen LogP contribution in [0.25, 0.3) is 21.9 Å². The number of hydrogen-bond donors (Lipinski definition) is 1. The van der Waals surface area contributed by atoms with Crippen LogP contribution in [0.15, 0.2) is 45.7 Å². The molecule has 0 radical (unpaired) electrons. The highest BCUT2D eigenvalue weighted by Crippen LogP contribution is 2.42. The molecular formula is C25H29NO7S2. The van der Waals surface area contributed by atoms with Crippen LogP contribution in [0.3, 0.4) is 0 Å². The molecule has 0 spiro atoms.